The summed E-state index contributed by atoms with van der Waals surface area (Å²) in [6.45, 7) is 7.10. The van der Waals surface area contributed by atoms with Gasteiger partial charge in [-0.25, -0.2) is 4.79 Å². The molecule has 0 aliphatic rings. The molecule has 0 fully saturated rings. The van der Waals surface area contributed by atoms with E-state index in [1.807, 2.05) is 20.8 Å². The fourth-order valence-corrected chi connectivity index (χ4v) is 1.15. The summed E-state index contributed by atoms with van der Waals surface area (Å²) >= 11 is 0. The fourth-order valence-electron chi connectivity index (χ4n) is 1.15. The standard InChI is InChI=1S/C12H18O5/c1-12(2,3)17-5-4-15-8-10-6-9(7-16-10)11(13)14/h6-7H,4-5,8H2,1-3H3,(H,13,14). The molecule has 5 nitrogen and oxygen atoms in total. The number of hydrogen-bond donors (Lipinski definition) is 1. The number of carboxylic acids is 1. The third-order valence-corrected chi connectivity index (χ3v) is 1.91. The first-order valence-electron chi connectivity index (χ1n) is 5.41. The maximum atomic E-state index is 10.6. The second-order valence-corrected chi connectivity index (χ2v) is 4.62. The molecule has 0 atom stereocenters. The topological polar surface area (TPSA) is 68.9 Å². The van der Waals surface area contributed by atoms with Crippen molar-refractivity contribution in [2.24, 2.45) is 0 Å². The van der Waals surface area contributed by atoms with Crippen molar-refractivity contribution in [1.82, 2.24) is 0 Å². The van der Waals surface area contributed by atoms with E-state index < -0.39 is 5.97 Å². The van der Waals surface area contributed by atoms with E-state index in [9.17, 15) is 4.79 Å². The lowest BCUT2D eigenvalue weighted by Gasteiger charge is -2.19. The van der Waals surface area contributed by atoms with Gasteiger partial charge in [0, 0.05) is 0 Å². The van der Waals surface area contributed by atoms with Crippen LogP contribution in [0.4, 0.5) is 0 Å². The fraction of sp³-hybridized carbons (Fsp3) is 0.583. The van der Waals surface area contributed by atoms with Gasteiger partial charge in [0.05, 0.1) is 24.4 Å². The van der Waals surface area contributed by atoms with Crippen LogP contribution in [0.2, 0.25) is 0 Å². The lowest BCUT2D eigenvalue weighted by molar-refractivity contribution is -0.0394. The SMILES string of the molecule is CC(C)(C)OCCOCc1cc(C(=O)O)co1. The van der Waals surface area contributed by atoms with Gasteiger partial charge in [-0.2, -0.15) is 0 Å². The Morgan fingerprint density at radius 1 is 1.41 bits per heavy atom. The summed E-state index contributed by atoms with van der Waals surface area (Å²) in [5.41, 5.74) is -0.0422. The molecule has 0 aliphatic heterocycles. The predicted octanol–water partition coefficient (Wildman–Crippen LogP) is 2.31. The average Bonchev–Trinajstić information content (AvgIpc) is 2.64. The molecular formula is C12H18O5. The zero-order chi connectivity index (χ0) is 12.9. The molecule has 1 rings (SSSR count). The number of furan rings is 1. The third kappa shape index (κ3) is 5.51. The predicted molar refractivity (Wildman–Crippen MR) is 61.0 cm³/mol. The normalized spacial score (nSPS) is 11.7. The van der Waals surface area contributed by atoms with E-state index in [0.29, 0.717) is 19.0 Å². The van der Waals surface area contributed by atoms with Crippen molar-refractivity contribution < 1.29 is 23.8 Å². The molecule has 5 heteroatoms. The maximum Gasteiger partial charge on any atom is 0.338 e. The van der Waals surface area contributed by atoms with Crippen molar-refractivity contribution in [3.05, 3.63) is 23.7 Å². The Hall–Kier alpha value is -1.33. The van der Waals surface area contributed by atoms with Gasteiger partial charge in [0.1, 0.15) is 18.6 Å². The van der Waals surface area contributed by atoms with Gasteiger partial charge in [-0.3, -0.25) is 0 Å². The van der Waals surface area contributed by atoms with Crippen molar-refractivity contribution in [3.63, 3.8) is 0 Å². The van der Waals surface area contributed by atoms with Gasteiger partial charge in [0.15, 0.2) is 0 Å². The number of rotatable bonds is 6. The average molecular weight is 242 g/mol. The van der Waals surface area contributed by atoms with Gasteiger partial charge in [-0.1, -0.05) is 0 Å². The Kier molecular flexibility index (Phi) is 4.72. The Labute approximate surface area is 100 Å². The van der Waals surface area contributed by atoms with Crippen molar-refractivity contribution in [1.29, 1.82) is 0 Å². The summed E-state index contributed by atoms with van der Waals surface area (Å²) in [7, 11) is 0. The zero-order valence-corrected chi connectivity index (χ0v) is 10.4. The van der Waals surface area contributed by atoms with Gasteiger partial charge >= 0.3 is 5.97 Å². The minimum atomic E-state index is -1.00. The summed E-state index contributed by atoms with van der Waals surface area (Å²) in [4.78, 5) is 10.6. The third-order valence-electron chi connectivity index (χ3n) is 1.91. The number of carbonyl (C=O) groups is 1. The summed E-state index contributed by atoms with van der Waals surface area (Å²) in [5, 5.41) is 8.68. The van der Waals surface area contributed by atoms with Gasteiger partial charge in [-0.05, 0) is 26.8 Å². The summed E-state index contributed by atoms with van der Waals surface area (Å²) in [5.74, 6) is -0.505. The maximum absolute atomic E-state index is 10.6. The highest BCUT2D eigenvalue weighted by Gasteiger charge is 2.10. The number of aromatic carboxylic acids is 1. The van der Waals surface area contributed by atoms with E-state index in [0.717, 1.165) is 0 Å². The highest BCUT2D eigenvalue weighted by Crippen LogP contribution is 2.09. The van der Waals surface area contributed by atoms with E-state index in [-0.39, 0.29) is 17.8 Å². The molecule has 0 aromatic carbocycles. The Morgan fingerprint density at radius 2 is 2.12 bits per heavy atom. The molecular weight excluding hydrogens is 224 g/mol. The van der Waals surface area contributed by atoms with Crippen LogP contribution >= 0.6 is 0 Å². The van der Waals surface area contributed by atoms with Crippen molar-refractivity contribution in [2.75, 3.05) is 13.2 Å². The summed E-state index contributed by atoms with van der Waals surface area (Å²) < 4.78 is 15.8. The molecule has 1 N–H and O–H groups in total. The van der Waals surface area contributed by atoms with Crippen LogP contribution in [-0.4, -0.2) is 29.9 Å². The number of carboxylic acid groups (broad SMARTS) is 1. The van der Waals surface area contributed by atoms with Crippen LogP contribution < -0.4 is 0 Å². The molecule has 1 heterocycles. The van der Waals surface area contributed by atoms with Crippen LogP contribution in [0.1, 0.15) is 36.9 Å². The van der Waals surface area contributed by atoms with E-state index in [4.69, 9.17) is 19.0 Å². The molecule has 17 heavy (non-hydrogen) atoms. The first-order chi connectivity index (χ1) is 7.88. The summed E-state index contributed by atoms with van der Waals surface area (Å²) in [6, 6.07) is 1.45. The minimum Gasteiger partial charge on any atom is -0.478 e. The van der Waals surface area contributed by atoms with Crippen LogP contribution in [0.25, 0.3) is 0 Å². The van der Waals surface area contributed by atoms with Gasteiger partial charge < -0.3 is 19.0 Å². The Bertz CT molecular complexity index is 361. The van der Waals surface area contributed by atoms with Crippen molar-refractivity contribution in [3.8, 4) is 0 Å². The van der Waals surface area contributed by atoms with Gasteiger partial charge in [0.2, 0.25) is 0 Å². The Morgan fingerprint density at radius 3 is 2.65 bits per heavy atom. The quantitative estimate of drug-likeness (QED) is 0.775. The van der Waals surface area contributed by atoms with E-state index in [1.165, 1.54) is 12.3 Å². The smallest absolute Gasteiger partial charge is 0.338 e. The van der Waals surface area contributed by atoms with Gasteiger partial charge in [-0.15, -0.1) is 0 Å². The second-order valence-electron chi connectivity index (χ2n) is 4.62. The van der Waals surface area contributed by atoms with Crippen LogP contribution in [-0.2, 0) is 16.1 Å². The largest absolute Gasteiger partial charge is 0.478 e. The molecule has 0 saturated heterocycles. The molecule has 0 aliphatic carbocycles. The van der Waals surface area contributed by atoms with Crippen LogP contribution in [0.5, 0.6) is 0 Å². The monoisotopic (exact) mass is 242 g/mol. The summed E-state index contributed by atoms with van der Waals surface area (Å²) in [6.07, 6.45) is 1.20. The number of ether oxygens (including phenoxy) is 2. The highest BCUT2D eigenvalue weighted by atomic mass is 16.5. The zero-order valence-electron chi connectivity index (χ0n) is 10.4. The first-order valence-corrected chi connectivity index (χ1v) is 5.41. The van der Waals surface area contributed by atoms with Crippen LogP contribution in [0, 0.1) is 0 Å². The van der Waals surface area contributed by atoms with E-state index in [1.54, 1.807) is 0 Å². The number of hydrogen-bond acceptors (Lipinski definition) is 4. The van der Waals surface area contributed by atoms with E-state index in [2.05, 4.69) is 0 Å². The molecule has 0 spiro atoms. The molecule has 96 valence electrons. The lowest BCUT2D eigenvalue weighted by atomic mass is 10.2. The van der Waals surface area contributed by atoms with E-state index >= 15 is 0 Å². The molecule has 0 bridgehead atoms. The highest BCUT2D eigenvalue weighted by molar-refractivity contribution is 5.87. The first kappa shape index (κ1) is 13.7. The molecule has 0 radical (unpaired) electrons. The lowest BCUT2D eigenvalue weighted by Crippen LogP contribution is -2.21. The molecule has 0 unspecified atom stereocenters. The molecule has 1 aromatic rings. The van der Waals surface area contributed by atoms with Crippen LogP contribution in [0.3, 0.4) is 0 Å². The van der Waals surface area contributed by atoms with Gasteiger partial charge in [0.25, 0.3) is 0 Å². The molecule has 0 amide bonds. The Balaban J connectivity index is 2.20. The molecule has 0 saturated carbocycles. The van der Waals surface area contributed by atoms with Crippen molar-refractivity contribution in [2.45, 2.75) is 33.0 Å². The van der Waals surface area contributed by atoms with Crippen molar-refractivity contribution >= 4 is 5.97 Å². The second kappa shape index (κ2) is 5.84. The minimum absolute atomic E-state index is 0.134. The molecule has 1 aromatic heterocycles. The van der Waals surface area contributed by atoms with Crippen LogP contribution in [0.15, 0.2) is 16.7 Å².